The molecule has 0 nitrogen and oxygen atoms in total. The molecule has 0 amide bonds. The van der Waals surface area contributed by atoms with Gasteiger partial charge in [-0.3, -0.25) is 0 Å². The van der Waals surface area contributed by atoms with Gasteiger partial charge in [-0.2, -0.15) is 0 Å². The second kappa shape index (κ2) is 7.81. The normalized spacial score (nSPS) is 24.1. The fraction of sp³-hybridized carbons (Fsp3) is 0.286. The van der Waals surface area contributed by atoms with Gasteiger partial charge in [-0.1, -0.05) is 107 Å². The minimum atomic E-state index is 1.24. The molecule has 4 heterocycles. The highest BCUT2D eigenvalue weighted by Crippen LogP contribution is 2.68. The summed E-state index contributed by atoms with van der Waals surface area (Å²) in [5.74, 6) is 0. The minimum absolute atomic E-state index is 1.24. The average molecular weight is 437 g/mol. The third kappa shape index (κ3) is 3.69. The molecule has 0 N–H and O–H groups in total. The van der Waals surface area contributed by atoms with Gasteiger partial charge in [0.25, 0.3) is 0 Å². The molecule has 8 heteroatoms. The lowest BCUT2D eigenvalue weighted by Crippen LogP contribution is -1.82. The summed E-state index contributed by atoms with van der Waals surface area (Å²) in [5, 5.41) is 6.76. The van der Waals surface area contributed by atoms with Crippen LogP contribution in [0, 0.1) is 0 Å². The summed E-state index contributed by atoms with van der Waals surface area (Å²) in [5.41, 5.74) is 0. The molecule has 0 saturated heterocycles. The van der Waals surface area contributed by atoms with Crippen LogP contribution in [0.2, 0.25) is 0 Å². The Labute approximate surface area is 165 Å². The zero-order valence-electron chi connectivity index (χ0n) is 11.6. The van der Waals surface area contributed by atoms with Crippen LogP contribution in [0.1, 0.15) is 26.2 Å². The lowest BCUT2D eigenvalue weighted by molar-refractivity contribution is 0.810. The molecule has 4 aliphatic rings. The SMILES string of the molecule is CCCCC1=CSC2=C(S1)SC(=C1SC3=C(SC=CS3)S1)S2. The van der Waals surface area contributed by atoms with Gasteiger partial charge < -0.3 is 0 Å². The van der Waals surface area contributed by atoms with E-state index in [1.54, 1.807) is 4.91 Å². The van der Waals surface area contributed by atoms with E-state index in [9.17, 15) is 0 Å². The Morgan fingerprint density at radius 1 is 0.682 bits per heavy atom. The number of allylic oxidation sites excluding steroid dienone is 1. The second-order valence-electron chi connectivity index (χ2n) is 4.55. The summed E-state index contributed by atoms with van der Waals surface area (Å²) in [6.45, 7) is 2.27. The van der Waals surface area contributed by atoms with E-state index < -0.39 is 0 Å². The Morgan fingerprint density at radius 3 is 1.86 bits per heavy atom. The van der Waals surface area contributed by atoms with Crippen molar-refractivity contribution in [2.24, 2.45) is 0 Å². The van der Waals surface area contributed by atoms with E-state index in [0.29, 0.717) is 0 Å². The van der Waals surface area contributed by atoms with Gasteiger partial charge in [0.15, 0.2) is 0 Å². The Balaban J connectivity index is 1.42. The van der Waals surface area contributed by atoms with E-state index in [-0.39, 0.29) is 0 Å². The van der Waals surface area contributed by atoms with Crippen LogP contribution in [-0.2, 0) is 0 Å². The van der Waals surface area contributed by atoms with Crippen LogP contribution >= 0.6 is 94.1 Å². The summed E-state index contributed by atoms with van der Waals surface area (Å²) in [6.07, 6.45) is 3.82. The van der Waals surface area contributed by atoms with Crippen molar-refractivity contribution in [1.29, 1.82) is 0 Å². The Kier molecular flexibility index (Phi) is 6.01. The highest BCUT2D eigenvalue weighted by molar-refractivity contribution is 8.46. The highest BCUT2D eigenvalue weighted by Gasteiger charge is 2.32. The first-order chi connectivity index (χ1) is 10.8. The van der Waals surface area contributed by atoms with Gasteiger partial charge in [0, 0.05) is 0 Å². The molecule has 22 heavy (non-hydrogen) atoms. The van der Waals surface area contributed by atoms with Crippen molar-refractivity contribution in [3.63, 3.8) is 0 Å². The van der Waals surface area contributed by atoms with Gasteiger partial charge in [-0.15, -0.1) is 0 Å². The molecule has 116 valence electrons. The van der Waals surface area contributed by atoms with Gasteiger partial charge in [-0.25, -0.2) is 0 Å². The molecule has 0 aromatic rings. The molecule has 0 radical (unpaired) electrons. The molecule has 0 aromatic carbocycles. The molecule has 0 bridgehead atoms. The van der Waals surface area contributed by atoms with E-state index in [1.807, 2.05) is 94.1 Å². The van der Waals surface area contributed by atoms with Crippen molar-refractivity contribution in [1.82, 2.24) is 0 Å². The van der Waals surface area contributed by atoms with Crippen molar-refractivity contribution in [3.05, 3.63) is 46.6 Å². The number of rotatable bonds is 3. The van der Waals surface area contributed by atoms with Crippen molar-refractivity contribution >= 4 is 94.1 Å². The highest BCUT2D eigenvalue weighted by atomic mass is 32.3. The standard InChI is InChI=1S/C14H12S8/c1-2-3-4-8-7-17-11-12(18-8)22-14(21-11)13-19-9-10(20-13)16-6-5-15-9/h5-7H,2-4H2,1H3. The van der Waals surface area contributed by atoms with Crippen LogP contribution in [0.5, 0.6) is 0 Å². The maximum atomic E-state index is 2.37. The average Bonchev–Trinajstić information content (AvgIpc) is 3.15. The molecular weight excluding hydrogens is 425 g/mol. The maximum Gasteiger partial charge on any atom is 0.0718 e. The molecule has 0 fully saturated rings. The first-order valence-corrected chi connectivity index (χ1v) is 13.5. The fourth-order valence-corrected chi connectivity index (χ4v) is 13.1. The summed E-state index contributed by atoms with van der Waals surface area (Å²) < 4.78 is 8.90. The maximum absolute atomic E-state index is 2.37. The Hall–Kier alpha value is 1.50. The summed E-state index contributed by atoms with van der Waals surface area (Å²) in [4.78, 5) is 1.55. The predicted octanol–water partition coefficient (Wildman–Crippen LogP) is 8.79. The number of thioether (sulfide) groups is 8. The van der Waals surface area contributed by atoms with Crippen LogP contribution in [0.25, 0.3) is 0 Å². The van der Waals surface area contributed by atoms with Crippen LogP contribution in [0.4, 0.5) is 0 Å². The monoisotopic (exact) mass is 436 g/mol. The zero-order valence-corrected chi connectivity index (χ0v) is 18.2. The Morgan fingerprint density at radius 2 is 1.23 bits per heavy atom. The van der Waals surface area contributed by atoms with Crippen LogP contribution in [-0.4, -0.2) is 0 Å². The van der Waals surface area contributed by atoms with Crippen LogP contribution < -0.4 is 0 Å². The largest absolute Gasteiger partial charge is 0.0884 e. The van der Waals surface area contributed by atoms with Gasteiger partial charge in [0.2, 0.25) is 0 Å². The third-order valence-electron chi connectivity index (χ3n) is 2.95. The van der Waals surface area contributed by atoms with Gasteiger partial charge in [0.05, 0.1) is 25.4 Å². The quantitative estimate of drug-likeness (QED) is 0.425. The molecule has 4 aliphatic heterocycles. The molecule has 0 aliphatic carbocycles. The predicted molar refractivity (Wildman–Crippen MR) is 119 cm³/mol. The van der Waals surface area contributed by atoms with E-state index in [0.717, 1.165) is 0 Å². The van der Waals surface area contributed by atoms with Gasteiger partial charge in [-0.05, 0) is 34.0 Å². The zero-order chi connectivity index (χ0) is 14.9. The number of hydrogen-bond donors (Lipinski definition) is 0. The first kappa shape index (κ1) is 16.9. The minimum Gasteiger partial charge on any atom is -0.0884 e. The van der Waals surface area contributed by atoms with Crippen molar-refractivity contribution in [2.45, 2.75) is 26.2 Å². The van der Waals surface area contributed by atoms with Crippen molar-refractivity contribution in [2.75, 3.05) is 0 Å². The molecule has 0 spiro atoms. The molecule has 0 atom stereocenters. The van der Waals surface area contributed by atoms with Crippen LogP contribution in [0.15, 0.2) is 46.6 Å². The molecular formula is C14H12S8. The molecule has 4 rings (SSSR count). The fourth-order valence-electron chi connectivity index (χ4n) is 1.89. The molecule has 0 unspecified atom stereocenters. The van der Waals surface area contributed by atoms with Gasteiger partial charge >= 0.3 is 0 Å². The topological polar surface area (TPSA) is 0 Å². The first-order valence-electron chi connectivity index (χ1n) is 6.79. The van der Waals surface area contributed by atoms with Crippen molar-refractivity contribution < 1.29 is 0 Å². The lowest BCUT2D eigenvalue weighted by atomic mass is 10.2. The van der Waals surface area contributed by atoms with Crippen LogP contribution in [0.3, 0.4) is 0 Å². The van der Waals surface area contributed by atoms with E-state index >= 15 is 0 Å². The van der Waals surface area contributed by atoms with Crippen molar-refractivity contribution in [3.8, 4) is 0 Å². The molecule has 0 aromatic heterocycles. The van der Waals surface area contributed by atoms with E-state index in [2.05, 4.69) is 23.1 Å². The third-order valence-corrected chi connectivity index (χ3v) is 14.2. The summed E-state index contributed by atoms with van der Waals surface area (Å²) >= 11 is 15.6. The van der Waals surface area contributed by atoms with E-state index in [4.69, 9.17) is 0 Å². The lowest BCUT2D eigenvalue weighted by Gasteiger charge is -2.12. The van der Waals surface area contributed by atoms with Gasteiger partial charge in [0.1, 0.15) is 0 Å². The second-order valence-corrected chi connectivity index (χ2v) is 14.0. The smallest absolute Gasteiger partial charge is 0.0718 e. The summed E-state index contributed by atoms with van der Waals surface area (Å²) in [7, 11) is 0. The number of unbranched alkanes of at least 4 members (excludes halogenated alkanes) is 1. The Bertz CT molecular complexity index is 630. The van der Waals surface area contributed by atoms with E-state index in [1.165, 1.54) is 44.7 Å². The molecule has 0 saturated carbocycles. The summed E-state index contributed by atoms with van der Waals surface area (Å²) in [6, 6.07) is 0. The number of hydrogen-bond acceptors (Lipinski definition) is 8.